The van der Waals surface area contributed by atoms with Gasteiger partial charge in [0.1, 0.15) is 0 Å². The van der Waals surface area contributed by atoms with Crippen molar-refractivity contribution in [3.8, 4) is 23.0 Å². The zero-order valence-electron chi connectivity index (χ0n) is 24.2. The largest absolute Gasteiger partial charge is 0.493 e. The Bertz CT molecular complexity index is 1640. The average molecular weight is 649 g/mol. The quantitative estimate of drug-likeness (QED) is 0.0933. The first-order valence-electron chi connectivity index (χ1n) is 13.7. The maximum atomic E-state index is 12.6. The van der Waals surface area contributed by atoms with Crippen LogP contribution < -0.4 is 18.9 Å². The lowest BCUT2D eigenvalue weighted by atomic mass is 10.0. The van der Waals surface area contributed by atoms with Crippen molar-refractivity contribution in [2.24, 2.45) is 11.8 Å². The second kappa shape index (κ2) is 14.3. The van der Waals surface area contributed by atoms with Crippen LogP contribution >= 0.6 is 34.3 Å². The van der Waals surface area contributed by atoms with E-state index in [4.69, 9.17) is 40.8 Å². The van der Waals surface area contributed by atoms with Crippen molar-refractivity contribution in [2.45, 2.75) is 39.5 Å². The van der Waals surface area contributed by atoms with Gasteiger partial charge in [-0.2, -0.15) is 0 Å². The zero-order valence-corrected chi connectivity index (χ0v) is 26.6. The molecule has 0 spiro atoms. The van der Waals surface area contributed by atoms with Crippen LogP contribution in [0.15, 0.2) is 30.3 Å². The summed E-state index contributed by atoms with van der Waals surface area (Å²) < 4.78 is 24.8. The minimum Gasteiger partial charge on any atom is -0.493 e. The third-order valence-corrected chi connectivity index (χ3v) is 9.64. The fourth-order valence-electron chi connectivity index (χ4n) is 4.38. The lowest BCUT2D eigenvalue weighted by Gasteiger charge is -2.14. The number of fused-ring (bicyclic) bond motifs is 2. The fourth-order valence-corrected chi connectivity index (χ4v) is 6.88. The molecule has 230 valence electrons. The van der Waals surface area contributed by atoms with E-state index in [2.05, 4.69) is 6.07 Å². The molecule has 0 unspecified atom stereocenters. The molecular formula is C31H33ClO9S2. The van der Waals surface area contributed by atoms with E-state index in [1.807, 2.05) is 12.1 Å². The predicted octanol–water partition coefficient (Wildman–Crippen LogP) is 7.58. The van der Waals surface area contributed by atoms with E-state index in [9.17, 15) is 14.4 Å². The van der Waals surface area contributed by atoms with E-state index in [-0.39, 0.29) is 18.8 Å². The van der Waals surface area contributed by atoms with Crippen molar-refractivity contribution in [2.75, 3.05) is 27.4 Å². The van der Waals surface area contributed by atoms with Crippen molar-refractivity contribution in [3.63, 3.8) is 0 Å². The number of Topliss-reactive ketones (excluding diaryl/α,β-unsaturated/α-hetero) is 1. The van der Waals surface area contributed by atoms with Gasteiger partial charge in [0.15, 0.2) is 28.8 Å². The molecule has 2 N–H and O–H groups in total. The average Bonchev–Trinajstić information content (AvgIpc) is 3.59. The Kier molecular flexibility index (Phi) is 10.8. The van der Waals surface area contributed by atoms with Crippen molar-refractivity contribution in [1.29, 1.82) is 0 Å². The van der Waals surface area contributed by atoms with Gasteiger partial charge in [-0.25, -0.2) is 0 Å². The topological polar surface area (TPSA) is 129 Å². The highest BCUT2D eigenvalue weighted by molar-refractivity contribution is 7.21. The van der Waals surface area contributed by atoms with Crippen molar-refractivity contribution >= 4 is 72.2 Å². The lowest BCUT2D eigenvalue weighted by molar-refractivity contribution is -0.142. The molecule has 2 heterocycles. The number of aliphatic carboxylic acids is 2. The van der Waals surface area contributed by atoms with E-state index >= 15 is 0 Å². The number of aryl methyl sites for hydroxylation is 1. The number of rotatable bonds is 16. The molecule has 0 amide bonds. The molecular weight excluding hydrogens is 616 g/mol. The number of halogens is 1. The Balaban J connectivity index is 1.39. The number of hydrogen-bond donors (Lipinski definition) is 2. The molecule has 0 aliphatic heterocycles. The highest BCUT2D eigenvalue weighted by Gasteiger charge is 2.22. The molecule has 43 heavy (non-hydrogen) atoms. The zero-order chi connectivity index (χ0) is 31.3. The molecule has 0 fully saturated rings. The van der Waals surface area contributed by atoms with E-state index in [1.165, 1.54) is 25.4 Å². The minimum atomic E-state index is -1.02. The molecule has 12 heteroatoms. The highest BCUT2D eigenvalue weighted by atomic mass is 35.5. The molecule has 0 aliphatic carbocycles. The van der Waals surface area contributed by atoms with Crippen molar-refractivity contribution < 1.29 is 43.5 Å². The second-order valence-corrected chi connectivity index (χ2v) is 12.8. The smallest absolute Gasteiger partial charge is 0.306 e. The molecule has 9 nitrogen and oxygen atoms in total. The first kappa shape index (κ1) is 32.4. The van der Waals surface area contributed by atoms with Gasteiger partial charge in [0.2, 0.25) is 0 Å². The van der Waals surface area contributed by atoms with Crippen LogP contribution in [-0.2, 0) is 16.0 Å². The van der Waals surface area contributed by atoms with Gasteiger partial charge in [-0.15, -0.1) is 22.7 Å². The Hall–Kier alpha value is -3.54. The van der Waals surface area contributed by atoms with Gasteiger partial charge in [0.05, 0.1) is 49.2 Å². The summed E-state index contributed by atoms with van der Waals surface area (Å²) in [5.74, 6) is -1.26. The van der Waals surface area contributed by atoms with Gasteiger partial charge in [-0.3, -0.25) is 14.4 Å². The van der Waals surface area contributed by atoms with Crippen LogP contribution in [0, 0.1) is 11.8 Å². The predicted molar refractivity (Wildman–Crippen MR) is 168 cm³/mol. The van der Waals surface area contributed by atoms with Crippen LogP contribution in [0.1, 0.15) is 47.7 Å². The number of carbonyl (C=O) groups excluding carboxylic acids is 1. The summed E-state index contributed by atoms with van der Waals surface area (Å²) >= 11 is 9.53. The molecule has 0 saturated carbocycles. The Labute approximate surface area is 261 Å². The van der Waals surface area contributed by atoms with E-state index < -0.39 is 23.8 Å². The molecule has 4 rings (SSSR count). The van der Waals surface area contributed by atoms with Gasteiger partial charge < -0.3 is 29.2 Å². The van der Waals surface area contributed by atoms with Crippen LogP contribution in [0.4, 0.5) is 0 Å². The molecule has 0 radical (unpaired) electrons. The maximum absolute atomic E-state index is 12.6. The molecule has 0 saturated heterocycles. The van der Waals surface area contributed by atoms with E-state index in [0.29, 0.717) is 64.2 Å². The van der Waals surface area contributed by atoms with Gasteiger partial charge in [-0.05, 0) is 36.4 Å². The van der Waals surface area contributed by atoms with E-state index in [1.54, 1.807) is 37.5 Å². The van der Waals surface area contributed by atoms with Crippen LogP contribution in [0.3, 0.4) is 0 Å². The normalized spacial score (nSPS) is 12.7. The summed E-state index contributed by atoms with van der Waals surface area (Å²) in [6, 6.07) is 9.34. The first-order valence-corrected chi connectivity index (χ1v) is 15.7. The monoisotopic (exact) mass is 648 g/mol. The second-order valence-electron chi connectivity index (χ2n) is 10.2. The summed E-state index contributed by atoms with van der Waals surface area (Å²) in [6.45, 7) is 3.84. The van der Waals surface area contributed by atoms with Crippen molar-refractivity contribution in [1.82, 2.24) is 0 Å². The number of ether oxygens (including phenoxy) is 4. The SMILES string of the molecule is COc1cc2sc(CC[C@H](C)C(=O)O)cc2cc1OCCCOc1c(OC)cc2sc(C(=O)C[C@H](C)C(=O)O)cc2c1Cl. The van der Waals surface area contributed by atoms with Crippen LogP contribution in [-0.4, -0.2) is 55.4 Å². The number of hydrogen-bond acceptors (Lipinski definition) is 9. The third-order valence-electron chi connectivity index (χ3n) is 6.98. The van der Waals surface area contributed by atoms with E-state index in [0.717, 1.165) is 19.7 Å². The fraction of sp³-hybridized carbons (Fsp3) is 0.387. The van der Waals surface area contributed by atoms with Gasteiger partial charge >= 0.3 is 11.9 Å². The van der Waals surface area contributed by atoms with Crippen LogP contribution in [0.25, 0.3) is 20.2 Å². The molecule has 2 aromatic carbocycles. The molecule has 2 atom stereocenters. The van der Waals surface area contributed by atoms with Crippen molar-refractivity contribution in [3.05, 3.63) is 45.1 Å². The maximum Gasteiger partial charge on any atom is 0.306 e. The number of carboxylic acids is 2. The molecule has 2 aromatic heterocycles. The van der Waals surface area contributed by atoms with Gasteiger partial charge in [0.25, 0.3) is 0 Å². The summed E-state index contributed by atoms with van der Waals surface area (Å²) in [5.41, 5.74) is 0. The third kappa shape index (κ3) is 7.70. The summed E-state index contributed by atoms with van der Waals surface area (Å²) in [7, 11) is 3.09. The van der Waals surface area contributed by atoms with Gasteiger partial charge in [-0.1, -0.05) is 25.4 Å². The van der Waals surface area contributed by atoms with Gasteiger partial charge in [0, 0.05) is 44.6 Å². The number of carbonyl (C=O) groups is 3. The minimum absolute atomic E-state index is 0.0996. The standard InChI is InChI=1S/C31H33ClO9S2/c1-16(30(34)35)6-7-19-11-18-12-23(22(38-3)14-25(18)42-19)40-8-5-9-41-29-24(39-4)15-26-20(28(29)32)13-27(43-26)21(33)10-17(2)31(36)37/h11-17H,5-10H2,1-4H3,(H,34,35)(H,36,37)/t16-,17-/m0/s1. The number of thiophene rings is 2. The molecule has 0 bridgehead atoms. The number of methoxy groups -OCH3 is 2. The summed E-state index contributed by atoms with van der Waals surface area (Å²) in [5, 5.41) is 20.2. The number of carboxylic acid groups (broad SMARTS) is 2. The number of benzene rings is 2. The Morgan fingerprint density at radius 2 is 1.51 bits per heavy atom. The Morgan fingerprint density at radius 3 is 2.19 bits per heavy atom. The molecule has 0 aliphatic rings. The summed E-state index contributed by atoms with van der Waals surface area (Å²) in [6.07, 6.45) is 1.69. The van der Waals surface area contributed by atoms with Crippen LogP contribution in [0.5, 0.6) is 23.0 Å². The highest BCUT2D eigenvalue weighted by Crippen LogP contribution is 2.44. The lowest BCUT2D eigenvalue weighted by Crippen LogP contribution is -2.13. The Morgan fingerprint density at radius 1 is 0.837 bits per heavy atom. The summed E-state index contributed by atoms with van der Waals surface area (Å²) in [4.78, 5) is 36.5. The molecule has 4 aromatic rings. The number of ketones is 1. The van der Waals surface area contributed by atoms with Crippen LogP contribution in [0.2, 0.25) is 5.02 Å². The first-order chi connectivity index (χ1) is 20.5.